The average molecular weight is 1630 g/mol. The number of hydrogen-bond acceptors (Lipinski definition) is 20. The van der Waals surface area contributed by atoms with Gasteiger partial charge in [0.1, 0.15) is 66.5 Å². The minimum absolute atomic E-state index is 0.0171. The summed E-state index contributed by atoms with van der Waals surface area (Å²) in [6.07, 6.45) is -1.85. The van der Waals surface area contributed by atoms with E-state index in [-0.39, 0.29) is 127 Å². The van der Waals surface area contributed by atoms with Gasteiger partial charge in [-0.1, -0.05) is 81.4 Å². The lowest BCUT2D eigenvalue weighted by atomic mass is 9.86. The molecule has 12 atom stereocenters. The second-order valence-electron chi connectivity index (χ2n) is 29.2. The number of likely N-dealkylation sites (tertiary alicyclic amines) is 1. The summed E-state index contributed by atoms with van der Waals surface area (Å²) in [6.45, 7) is 10.3. The maximum Gasteiger partial charge on any atom is 0.326 e. The van der Waals surface area contributed by atoms with Crippen LogP contribution in [0.25, 0.3) is 20.9 Å². The molecular weight excluding hydrogens is 1520 g/mol. The maximum atomic E-state index is 15.7. The van der Waals surface area contributed by atoms with E-state index in [2.05, 4.69) is 99.7 Å². The number of fused-ring (bicyclic) bond motifs is 2. The van der Waals surface area contributed by atoms with E-state index < -0.39 is 166 Å². The first-order chi connectivity index (χ1) is 53.2. The Hall–Kier alpha value is -10.7. The highest BCUT2D eigenvalue weighted by atomic mass is 32.1. The number of carboxylic acids is 1. The molecule has 0 radical (unpaired) electrons. The molecule has 28 N–H and O–H groups in total. The van der Waals surface area contributed by atoms with Crippen LogP contribution in [-0.2, 0) is 70.4 Å². The number of nitrogens with two attached hydrogens (primary N) is 4. The zero-order valence-electron chi connectivity index (χ0n) is 64.4. The Balaban J connectivity index is 1.52. The first-order valence-electron chi connectivity index (χ1n) is 37.0. The van der Waals surface area contributed by atoms with Gasteiger partial charge in [0.15, 0.2) is 23.8 Å². The van der Waals surface area contributed by atoms with Crippen LogP contribution in [0.5, 0.6) is 0 Å². The number of carbonyl (C=O) groups is 12. The summed E-state index contributed by atoms with van der Waals surface area (Å²) in [4.78, 5) is 173. The summed E-state index contributed by atoms with van der Waals surface area (Å²) >= 11 is 10.3. The number of nitrogens with zero attached hydrogens (tertiary/aromatic N) is 1. The second kappa shape index (κ2) is 44.5. The van der Waals surface area contributed by atoms with Gasteiger partial charge in [-0.3, -0.25) is 74.4 Å². The van der Waals surface area contributed by atoms with Crippen molar-refractivity contribution in [3.8, 4) is 0 Å². The molecule has 40 heteroatoms. The Morgan fingerprint density at radius 3 is 1.44 bits per heavy atom. The van der Waals surface area contributed by atoms with Crippen LogP contribution in [-0.4, -0.2) is 226 Å². The minimum Gasteiger partial charge on any atom is -0.480 e. The number of benzene rings is 3. The van der Waals surface area contributed by atoms with Gasteiger partial charge < -0.3 is 112 Å². The van der Waals surface area contributed by atoms with E-state index in [9.17, 15) is 53.4 Å². The molecule has 11 amide bonds. The number of carbonyl (C=O) groups excluding carboxylic acids is 11. The number of carboxylic acid groups (broad SMARTS) is 1. The molecule has 2 heterocycles. The quantitative estimate of drug-likeness (QED) is 0.00976. The van der Waals surface area contributed by atoms with Crippen molar-refractivity contribution in [3.05, 3.63) is 83.2 Å². The van der Waals surface area contributed by atoms with Gasteiger partial charge in [-0.05, 0) is 129 Å². The fourth-order valence-corrected chi connectivity index (χ4v) is 13.9. The summed E-state index contributed by atoms with van der Waals surface area (Å²) in [5, 5.41) is 92.9. The molecule has 1 saturated heterocycles. The van der Waals surface area contributed by atoms with Gasteiger partial charge in [-0.25, -0.2) is 4.79 Å². The highest BCUT2D eigenvalue weighted by Gasteiger charge is 2.44. The summed E-state index contributed by atoms with van der Waals surface area (Å²) in [7, 11) is 0. The Morgan fingerprint density at radius 1 is 0.540 bits per heavy atom. The summed E-state index contributed by atoms with van der Waals surface area (Å²) in [5.74, 6) is -12.6. The molecule has 1 aliphatic rings. The minimum atomic E-state index is -1.80. The topological polar surface area (TPSA) is 616 Å². The van der Waals surface area contributed by atoms with Crippen LogP contribution in [0.1, 0.15) is 124 Å². The first kappa shape index (κ1) is 92.9. The van der Waals surface area contributed by atoms with Crippen LogP contribution in [0.4, 0.5) is 0 Å². The van der Waals surface area contributed by atoms with Gasteiger partial charge in [0.25, 0.3) is 0 Å². The third-order valence-electron chi connectivity index (χ3n) is 18.4. The number of hydrogen-bond donors (Lipinski definition) is 26. The molecule has 0 unspecified atom stereocenters. The molecule has 0 saturated carbocycles. The standard InChI is InChI=1S/C73H111N23O14S3/c1-38(97)54(64(106)90-48(23-15-31-85-71(80)81)60(102)95-56(67(109)110)72(3,4)5)93-65(107)55(73(6,7)112)94-63(105)52-24-16-32-96(52)66(108)50(35-43-37-113-53-25-11-10-19-44(43)53)92-61(103)49(34-40-26-27-41-17-8-9-18-42(41)33-40)91-59(101)47(22-14-30-84-70(78)79)88-57(99)45(20-12-28-82-68(74)75)87-58(100)46(21-13-29-83-69(76)77)89-62(104)51(36-111)86-39(2)98/h8-11,17-19,25-27,33,37-38,45-52,54-56,97,111-112H,12-16,20-24,28-32,34-36H2,1-7H3,(H,86,98)(H,87,100)(H,88,99)(H,89,104)(H,90,106)(H,91,101)(H,92,103)(H,93,107)(H,94,105)(H,95,102)(H,109,110)(H4,74,75,82)(H4,76,77,83)(H4,78,79,84)(H4,80,81,85)/t38-,45+,46-,47+,48+,49+,50+,51+,52+,54+,55-,56-/m1/s1. The molecule has 1 aliphatic heterocycles. The molecule has 1 fully saturated rings. The Morgan fingerprint density at radius 2 is 0.982 bits per heavy atom. The van der Waals surface area contributed by atoms with E-state index in [0.717, 1.165) is 20.9 Å². The summed E-state index contributed by atoms with van der Waals surface area (Å²) < 4.78 is -0.609. The molecule has 0 aliphatic carbocycles. The second-order valence-corrected chi connectivity index (χ2v) is 31.7. The molecule has 37 nitrogen and oxygen atoms in total. The van der Waals surface area contributed by atoms with Crippen molar-refractivity contribution in [2.24, 2.45) is 28.3 Å². The lowest BCUT2D eigenvalue weighted by molar-refractivity contribution is -0.145. The summed E-state index contributed by atoms with van der Waals surface area (Å²) in [5.41, 5.74) is 22.3. The van der Waals surface area contributed by atoms with E-state index in [4.69, 9.17) is 44.6 Å². The van der Waals surface area contributed by atoms with Crippen molar-refractivity contribution in [2.75, 3.05) is 38.5 Å². The number of thiophene rings is 1. The van der Waals surface area contributed by atoms with Gasteiger partial charge in [-0.2, -0.15) is 25.3 Å². The monoisotopic (exact) mass is 1630 g/mol. The molecule has 620 valence electrons. The predicted molar refractivity (Wildman–Crippen MR) is 435 cm³/mol. The first-order valence-corrected chi connectivity index (χ1v) is 38.9. The van der Waals surface area contributed by atoms with Crippen LogP contribution in [0.2, 0.25) is 0 Å². The van der Waals surface area contributed by atoms with Crippen molar-refractivity contribution in [2.45, 2.75) is 203 Å². The average Bonchev–Trinajstić information content (AvgIpc) is 1.72. The zero-order chi connectivity index (χ0) is 84.0. The predicted octanol–water partition coefficient (Wildman–Crippen LogP) is -2.10. The normalized spacial score (nSPS) is 15.7. The molecule has 113 heavy (non-hydrogen) atoms. The maximum absolute atomic E-state index is 15.7. The summed E-state index contributed by atoms with van der Waals surface area (Å²) in [6, 6.07) is 3.92. The zero-order valence-corrected chi connectivity index (χ0v) is 67.0. The number of guanidine groups is 4. The Bertz CT molecular complexity index is 4060. The number of aliphatic hydroxyl groups is 1. The molecule has 0 spiro atoms. The molecule has 0 bridgehead atoms. The van der Waals surface area contributed by atoms with Crippen LogP contribution in [0.3, 0.4) is 0 Å². The number of rotatable bonds is 44. The van der Waals surface area contributed by atoms with Crippen LogP contribution < -0.4 is 97.4 Å². The molecule has 3 aromatic carbocycles. The number of aliphatic carboxylic acids is 1. The lowest BCUT2D eigenvalue weighted by Crippen LogP contribution is -2.64. The Labute approximate surface area is 670 Å². The van der Waals surface area contributed by atoms with E-state index in [1.54, 1.807) is 32.9 Å². The van der Waals surface area contributed by atoms with Gasteiger partial charge in [0.05, 0.1) is 6.10 Å². The van der Waals surface area contributed by atoms with Crippen molar-refractivity contribution in [1.82, 2.24) is 79.3 Å². The Kier molecular flexibility index (Phi) is 36.6. The largest absolute Gasteiger partial charge is 0.480 e. The van der Waals surface area contributed by atoms with E-state index >= 15 is 14.4 Å². The van der Waals surface area contributed by atoms with Gasteiger partial charge >= 0.3 is 5.97 Å². The molecule has 4 aromatic rings. The number of nitrogens with one attached hydrogen (secondary N) is 18. The van der Waals surface area contributed by atoms with Crippen LogP contribution in [0, 0.1) is 27.1 Å². The number of amides is 11. The molecule has 5 rings (SSSR count). The van der Waals surface area contributed by atoms with Crippen LogP contribution >= 0.6 is 36.6 Å². The van der Waals surface area contributed by atoms with E-state index in [1.807, 2.05) is 60.0 Å². The van der Waals surface area contributed by atoms with Gasteiger partial charge in [-0.15, -0.1) is 11.3 Å². The lowest BCUT2D eigenvalue weighted by Gasteiger charge is -2.34. The third kappa shape index (κ3) is 30.4. The van der Waals surface area contributed by atoms with Gasteiger partial charge in [0, 0.05) is 67.7 Å². The molecular formula is C73H111N23O14S3. The third-order valence-corrected chi connectivity index (χ3v) is 20.0. The number of thiol groups is 2. The van der Waals surface area contributed by atoms with Crippen molar-refractivity contribution in [1.29, 1.82) is 21.6 Å². The van der Waals surface area contributed by atoms with E-state index in [1.165, 1.54) is 43.9 Å². The van der Waals surface area contributed by atoms with Crippen molar-refractivity contribution >= 4 is 152 Å². The van der Waals surface area contributed by atoms with Gasteiger partial charge in [0.2, 0.25) is 65.0 Å². The van der Waals surface area contributed by atoms with Crippen LogP contribution in [0.15, 0.2) is 72.1 Å². The fraction of sp³-hybridized carbons (Fsp3) is 0.534. The fourth-order valence-electron chi connectivity index (χ4n) is 12.5. The molecule has 1 aromatic heterocycles. The number of aliphatic hydroxyl groups excluding tert-OH is 1. The van der Waals surface area contributed by atoms with E-state index in [0.29, 0.717) is 11.1 Å². The SMILES string of the molecule is CC(=O)N[C@@H](CS)C(=O)N[C@H](CCCNC(=N)N)C(=O)N[C@@H](CCCNC(=N)N)C(=O)N[C@@H](CCCNC(=N)N)C(=O)N[C@@H](Cc1ccc2ccccc2c1)C(=O)N[C@@H](Cc1csc2ccccc12)C(=O)N1CCC[C@H]1C(=O)N[C@H](C(=O)N[C@H](C(=O)N[C@@H](CCCNC(=N)N)C(=O)N[C@H](C(=O)O)C(C)(C)C)[C@@H](C)O)C(C)(C)S. The highest BCUT2D eigenvalue weighted by molar-refractivity contribution is 7.81. The van der Waals surface area contributed by atoms with Crippen molar-refractivity contribution < 1.29 is 67.7 Å². The smallest absolute Gasteiger partial charge is 0.326 e. The highest BCUT2D eigenvalue weighted by Crippen LogP contribution is 2.29. The van der Waals surface area contributed by atoms with Crippen molar-refractivity contribution in [3.63, 3.8) is 0 Å².